The van der Waals surface area contributed by atoms with Crippen molar-refractivity contribution in [2.24, 2.45) is 0 Å². The predicted molar refractivity (Wildman–Crippen MR) is 79.1 cm³/mol. The van der Waals surface area contributed by atoms with E-state index in [2.05, 4.69) is 4.98 Å². The Labute approximate surface area is 115 Å². The molecule has 0 aliphatic heterocycles. The third-order valence-electron chi connectivity index (χ3n) is 2.82. The van der Waals surface area contributed by atoms with E-state index in [4.69, 9.17) is 5.73 Å². The molecule has 2 aromatic carbocycles. The van der Waals surface area contributed by atoms with Gasteiger partial charge in [0, 0.05) is 22.2 Å². The minimum absolute atomic E-state index is 0.263. The van der Waals surface area contributed by atoms with E-state index in [0.29, 0.717) is 0 Å². The lowest BCUT2D eigenvalue weighted by Crippen LogP contribution is -1.84. The van der Waals surface area contributed by atoms with Crippen LogP contribution in [0.15, 0.2) is 53.9 Å². The highest BCUT2D eigenvalue weighted by molar-refractivity contribution is 7.13. The molecule has 94 valence electrons. The molecular weight excluding hydrogens is 256 g/mol. The van der Waals surface area contributed by atoms with E-state index in [0.717, 1.165) is 27.5 Å². The van der Waals surface area contributed by atoms with Crippen molar-refractivity contribution >= 4 is 17.0 Å². The molecule has 0 unspecified atom stereocenters. The van der Waals surface area contributed by atoms with Crippen molar-refractivity contribution in [1.29, 1.82) is 0 Å². The fourth-order valence-corrected chi connectivity index (χ4v) is 2.63. The zero-order chi connectivity index (χ0) is 13.2. The first-order valence-electron chi connectivity index (χ1n) is 5.83. The number of hydrogen-bond donors (Lipinski definition) is 2. The number of hydrogen-bond acceptors (Lipinski definition) is 4. The summed E-state index contributed by atoms with van der Waals surface area (Å²) in [7, 11) is 0. The number of benzene rings is 2. The van der Waals surface area contributed by atoms with Crippen molar-refractivity contribution in [1.82, 2.24) is 4.98 Å². The van der Waals surface area contributed by atoms with Crippen molar-refractivity contribution < 1.29 is 5.11 Å². The van der Waals surface area contributed by atoms with Gasteiger partial charge in [0.2, 0.25) is 0 Å². The fraction of sp³-hybridized carbons (Fsp3) is 0. The second-order valence-corrected chi connectivity index (χ2v) is 5.06. The Morgan fingerprint density at radius 1 is 0.895 bits per heavy atom. The first-order valence-corrected chi connectivity index (χ1v) is 6.71. The Morgan fingerprint density at radius 3 is 2.21 bits per heavy atom. The molecular formula is C15H12N2OS. The zero-order valence-corrected chi connectivity index (χ0v) is 10.9. The van der Waals surface area contributed by atoms with E-state index in [-0.39, 0.29) is 5.75 Å². The molecule has 3 rings (SSSR count). The molecule has 3 aromatic rings. The SMILES string of the molecule is Nc1ccc(-c2csc(-c3ccc(O)cc3)n2)cc1. The fourth-order valence-electron chi connectivity index (χ4n) is 1.80. The molecule has 1 aromatic heterocycles. The quantitative estimate of drug-likeness (QED) is 0.696. The largest absolute Gasteiger partial charge is 0.508 e. The maximum Gasteiger partial charge on any atom is 0.124 e. The lowest BCUT2D eigenvalue weighted by atomic mass is 10.1. The van der Waals surface area contributed by atoms with E-state index >= 15 is 0 Å². The van der Waals surface area contributed by atoms with Crippen LogP contribution < -0.4 is 5.73 Å². The number of anilines is 1. The number of thiazole rings is 1. The summed E-state index contributed by atoms with van der Waals surface area (Å²) in [5, 5.41) is 12.2. The number of phenolic OH excluding ortho intramolecular Hbond substituents is 1. The van der Waals surface area contributed by atoms with Crippen molar-refractivity contribution in [3.05, 3.63) is 53.9 Å². The minimum Gasteiger partial charge on any atom is -0.508 e. The third-order valence-corrected chi connectivity index (χ3v) is 3.72. The lowest BCUT2D eigenvalue weighted by Gasteiger charge is -1.98. The molecule has 0 radical (unpaired) electrons. The molecule has 0 aliphatic carbocycles. The third kappa shape index (κ3) is 2.44. The Bertz CT molecular complexity index is 627. The number of rotatable bonds is 2. The molecule has 3 nitrogen and oxygen atoms in total. The van der Waals surface area contributed by atoms with E-state index in [1.165, 1.54) is 0 Å². The van der Waals surface area contributed by atoms with Crippen LogP contribution in [0.1, 0.15) is 0 Å². The molecule has 0 amide bonds. The normalized spacial score (nSPS) is 10.5. The predicted octanol–water partition coefficient (Wildman–Crippen LogP) is 3.76. The van der Waals surface area contributed by atoms with E-state index in [9.17, 15) is 5.11 Å². The van der Waals surface area contributed by atoms with Gasteiger partial charge in [-0.3, -0.25) is 0 Å². The maximum absolute atomic E-state index is 9.28. The summed E-state index contributed by atoms with van der Waals surface area (Å²) in [4.78, 5) is 4.61. The smallest absolute Gasteiger partial charge is 0.124 e. The number of nitrogens with zero attached hydrogens (tertiary/aromatic N) is 1. The summed E-state index contributed by atoms with van der Waals surface area (Å²) in [6.07, 6.45) is 0. The summed E-state index contributed by atoms with van der Waals surface area (Å²) in [5.74, 6) is 0.263. The van der Waals surface area contributed by atoms with Gasteiger partial charge in [-0.05, 0) is 36.4 Å². The molecule has 0 fully saturated rings. The Kier molecular flexibility index (Phi) is 2.93. The Morgan fingerprint density at radius 2 is 1.53 bits per heavy atom. The summed E-state index contributed by atoms with van der Waals surface area (Å²) in [6, 6.07) is 14.7. The average molecular weight is 268 g/mol. The molecule has 3 N–H and O–H groups in total. The standard InChI is InChI=1S/C15H12N2OS/c16-12-5-1-10(2-6-12)14-9-19-15(17-14)11-3-7-13(18)8-4-11/h1-9,18H,16H2. The van der Waals surface area contributed by atoms with Gasteiger partial charge < -0.3 is 10.8 Å². The van der Waals surface area contributed by atoms with Crippen LogP contribution in [0.3, 0.4) is 0 Å². The Hall–Kier alpha value is -2.33. The number of aromatic nitrogens is 1. The summed E-state index contributed by atoms with van der Waals surface area (Å²) >= 11 is 1.58. The van der Waals surface area contributed by atoms with Gasteiger partial charge >= 0.3 is 0 Å². The van der Waals surface area contributed by atoms with Crippen LogP contribution in [-0.2, 0) is 0 Å². The van der Waals surface area contributed by atoms with E-state index in [1.807, 2.05) is 41.8 Å². The molecule has 19 heavy (non-hydrogen) atoms. The van der Waals surface area contributed by atoms with Crippen molar-refractivity contribution in [2.75, 3.05) is 5.73 Å². The van der Waals surface area contributed by atoms with Crippen molar-refractivity contribution in [2.45, 2.75) is 0 Å². The Balaban J connectivity index is 1.95. The summed E-state index contributed by atoms with van der Waals surface area (Å²) in [5.41, 5.74) is 9.42. The number of nitrogens with two attached hydrogens (primary N) is 1. The van der Waals surface area contributed by atoms with Crippen LogP contribution in [0.4, 0.5) is 5.69 Å². The van der Waals surface area contributed by atoms with Gasteiger partial charge in [0.1, 0.15) is 10.8 Å². The highest BCUT2D eigenvalue weighted by Crippen LogP contribution is 2.29. The van der Waals surface area contributed by atoms with Gasteiger partial charge in [-0.1, -0.05) is 12.1 Å². The van der Waals surface area contributed by atoms with Gasteiger partial charge in [0.05, 0.1) is 5.69 Å². The highest BCUT2D eigenvalue weighted by Gasteiger charge is 2.06. The van der Waals surface area contributed by atoms with E-state index in [1.54, 1.807) is 23.5 Å². The second kappa shape index (κ2) is 4.74. The zero-order valence-electron chi connectivity index (χ0n) is 10.1. The molecule has 0 spiro atoms. The maximum atomic E-state index is 9.28. The summed E-state index contributed by atoms with van der Waals surface area (Å²) < 4.78 is 0. The first kappa shape index (κ1) is 11.7. The van der Waals surface area contributed by atoms with Crippen molar-refractivity contribution in [3.63, 3.8) is 0 Å². The van der Waals surface area contributed by atoms with Gasteiger partial charge in [-0.25, -0.2) is 4.98 Å². The summed E-state index contributed by atoms with van der Waals surface area (Å²) in [6.45, 7) is 0. The number of aromatic hydroxyl groups is 1. The van der Waals surface area contributed by atoms with Crippen LogP contribution in [0.2, 0.25) is 0 Å². The molecule has 1 heterocycles. The minimum atomic E-state index is 0.263. The number of nitrogen functional groups attached to an aromatic ring is 1. The van der Waals surface area contributed by atoms with Crippen LogP contribution >= 0.6 is 11.3 Å². The lowest BCUT2D eigenvalue weighted by molar-refractivity contribution is 0.475. The molecule has 0 saturated carbocycles. The monoisotopic (exact) mass is 268 g/mol. The first-order chi connectivity index (χ1) is 9.22. The van der Waals surface area contributed by atoms with Crippen LogP contribution in [0, 0.1) is 0 Å². The molecule has 0 bridgehead atoms. The van der Waals surface area contributed by atoms with Gasteiger partial charge in [-0.2, -0.15) is 0 Å². The van der Waals surface area contributed by atoms with Crippen LogP contribution in [0.5, 0.6) is 5.75 Å². The molecule has 0 aliphatic rings. The average Bonchev–Trinajstić information content (AvgIpc) is 2.90. The number of phenols is 1. The highest BCUT2D eigenvalue weighted by atomic mass is 32.1. The van der Waals surface area contributed by atoms with E-state index < -0.39 is 0 Å². The second-order valence-electron chi connectivity index (χ2n) is 4.21. The topological polar surface area (TPSA) is 59.1 Å². The molecule has 0 atom stereocenters. The van der Waals surface area contributed by atoms with Crippen LogP contribution in [-0.4, -0.2) is 10.1 Å². The molecule has 4 heteroatoms. The van der Waals surface area contributed by atoms with Gasteiger partial charge in [-0.15, -0.1) is 11.3 Å². The molecule has 0 saturated heterocycles. The van der Waals surface area contributed by atoms with Gasteiger partial charge in [0.15, 0.2) is 0 Å². The van der Waals surface area contributed by atoms with Gasteiger partial charge in [0.25, 0.3) is 0 Å². The van der Waals surface area contributed by atoms with Crippen molar-refractivity contribution in [3.8, 4) is 27.6 Å². The van der Waals surface area contributed by atoms with Crippen LogP contribution in [0.25, 0.3) is 21.8 Å².